The third-order valence-electron chi connectivity index (χ3n) is 1.89. The molecule has 0 saturated carbocycles. The number of hydrogen-bond donors (Lipinski definition) is 1. The van der Waals surface area contributed by atoms with E-state index >= 15 is 0 Å². The standard InChI is InChI=1S/C12H9F3O2S/c1-8(16)18-6-2-3-9-7-10(12(13,14)15)4-5-11(9)17/h4-5,7,17H,6H2,1H3. The van der Waals surface area contributed by atoms with E-state index in [0.717, 1.165) is 30.0 Å². The molecule has 1 aromatic carbocycles. The number of halogens is 3. The predicted molar refractivity (Wildman–Crippen MR) is 63.1 cm³/mol. The van der Waals surface area contributed by atoms with Crippen LogP contribution < -0.4 is 0 Å². The molecule has 1 rings (SSSR count). The molecule has 6 heteroatoms. The fourth-order valence-electron chi connectivity index (χ4n) is 1.08. The van der Waals surface area contributed by atoms with E-state index in [4.69, 9.17) is 0 Å². The maximum atomic E-state index is 12.4. The van der Waals surface area contributed by atoms with Gasteiger partial charge in [-0.3, -0.25) is 4.79 Å². The summed E-state index contributed by atoms with van der Waals surface area (Å²) in [6.07, 6.45) is -4.47. The highest BCUT2D eigenvalue weighted by atomic mass is 32.2. The van der Waals surface area contributed by atoms with Gasteiger partial charge in [0.25, 0.3) is 0 Å². The SMILES string of the molecule is CC(=O)SCC#Cc1cc(C(F)(F)F)ccc1O. The van der Waals surface area contributed by atoms with Gasteiger partial charge in [0, 0.05) is 6.92 Å². The second-order valence-electron chi connectivity index (χ2n) is 3.31. The number of thioether (sulfide) groups is 1. The normalized spacial score (nSPS) is 10.7. The van der Waals surface area contributed by atoms with Crippen LogP contribution in [0.25, 0.3) is 0 Å². The fraction of sp³-hybridized carbons (Fsp3) is 0.250. The molecule has 0 aromatic heterocycles. The molecule has 0 aliphatic carbocycles. The molecule has 0 aliphatic heterocycles. The Hall–Kier alpha value is -1.61. The molecular formula is C12H9F3O2S. The average Bonchev–Trinajstić information content (AvgIpc) is 2.24. The first-order chi connectivity index (χ1) is 8.30. The first-order valence-corrected chi connectivity index (χ1v) is 5.81. The van der Waals surface area contributed by atoms with Crippen molar-refractivity contribution in [1.29, 1.82) is 0 Å². The molecule has 0 saturated heterocycles. The van der Waals surface area contributed by atoms with Crippen molar-refractivity contribution < 1.29 is 23.1 Å². The highest BCUT2D eigenvalue weighted by Gasteiger charge is 2.30. The summed E-state index contributed by atoms with van der Waals surface area (Å²) in [5, 5.41) is 9.24. The highest BCUT2D eigenvalue weighted by molar-refractivity contribution is 8.13. The van der Waals surface area contributed by atoms with Gasteiger partial charge in [0.2, 0.25) is 0 Å². The van der Waals surface area contributed by atoms with Crippen molar-refractivity contribution in [3.05, 3.63) is 29.3 Å². The molecule has 0 heterocycles. The van der Waals surface area contributed by atoms with E-state index in [9.17, 15) is 23.1 Å². The maximum Gasteiger partial charge on any atom is 0.416 e. The van der Waals surface area contributed by atoms with Gasteiger partial charge >= 0.3 is 6.18 Å². The number of benzene rings is 1. The maximum absolute atomic E-state index is 12.4. The van der Waals surface area contributed by atoms with Crippen LogP contribution in [0.15, 0.2) is 18.2 Å². The van der Waals surface area contributed by atoms with Crippen molar-refractivity contribution in [1.82, 2.24) is 0 Å². The minimum Gasteiger partial charge on any atom is -0.507 e. The zero-order chi connectivity index (χ0) is 13.8. The van der Waals surface area contributed by atoms with E-state index < -0.39 is 11.7 Å². The van der Waals surface area contributed by atoms with Crippen molar-refractivity contribution >= 4 is 16.9 Å². The lowest BCUT2D eigenvalue weighted by Crippen LogP contribution is -2.04. The lowest BCUT2D eigenvalue weighted by atomic mass is 10.1. The van der Waals surface area contributed by atoms with E-state index in [0.29, 0.717) is 0 Å². The fourth-order valence-corrected chi connectivity index (χ4v) is 1.43. The van der Waals surface area contributed by atoms with Crippen molar-refractivity contribution in [3.8, 4) is 17.6 Å². The van der Waals surface area contributed by atoms with Gasteiger partial charge in [-0.05, 0) is 18.2 Å². The minimum absolute atomic E-state index is 0.103. The van der Waals surface area contributed by atoms with Crippen LogP contribution in [0.3, 0.4) is 0 Å². The number of carbonyl (C=O) groups is 1. The number of phenolic OH excluding ortho intramolecular Hbond substituents is 1. The predicted octanol–water partition coefficient (Wildman–Crippen LogP) is 3.04. The largest absolute Gasteiger partial charge is 0.507 e. The van der Waals surface area contributed by atoms with Gasteiger partial charge in [0.15, 0.2) is 5.12 Å². The van der Waals surface area contributed by atoms with Gasteiger partial charge in [0.1, 0.15) is 5.75 Å². The molecule has 0 atom stereocenters. The van der Waals surface area contributed by atoms with E-state index in [1.807, 2.05) is 0 Å². The van der Waals surface area contributed by atoms with Crippen LogP contribution in [-0.4, -0.2) is 16.0 Å². The van der Waals surface area contributed by atoms with E-state index in [1.54, 1.807) is 0 Å². The minimum atomic E-state index is -4.47. The molecule has 0 bridgehead atoms. The lowest BCUT2D eigenvalue weighted by molar-refractivity contribution is -0.137. The van der Waals surface area contributed by atoms with Crippen LogP contribution in [0, 0.1) is 11.8 Å². The summed E-state index contributed by atoms with van der Waals surface area (Å²) in [6, 6.07) is 2.51. The number of aromatic hydroxyl groups is 1. The molecule has 96 valence electrons. The molecule has 0 amide bonds. The van der Waals surface area contributed by atoms with Crippen molar-refractivity contribution in [2.24, 2.45) is 0 Å². The first-order valence-electron chi connectivity index (χ1n) is 4.83. The molecule has 18 heavy (non-hydrogen) atoms. The Labute approximate surface area is 106 Å². The molecule has 2 nitrogen and oxygen atoms in total. The Kier molecular flexibility index (Phi) is 4.68. The van der Waals surface area contributed by atoms with Crippen LogP contribution >= 0.6 is 11.8 Å². The molecular weight excluding hydrogens is 265 g/mol. The third kappa shape index (κ3) is 4.34. The van der Waals surface area contributed by atoms with Crippen LogP contribution in [0.4, 0.5) is 13.2 Å². The summed E-state index contributed by atoms with van der Waals surface area (Å²) in [4.78, 5) is 10.6. The summed E-state index contributed by atoms with van der Waals surface area (Å²) < 4.78 is 37.2. The lowest BCUT2D eigenvalue weighted by Gasteiger charge is -2.07. The van der Waals surface area contributed by atoms with Crippen molar-refractivity contribution in [3.63, 3.8) is 0 Å². The molecule has 1 N–H and O–H groups in total. The van der Waals surface area contributed by atoms with Crippen molar-refractivity contribution in [2.75, 3.05) is 5.75 Å². The molecule has 0 unspecified atom stereocenters. The second kappa shape index (κ2) is 5.83. The van der Waals surface area contributed by atoms with Gasteiger partial charge < -0.3 is 5.11 Å². The molecule has 1 aromatic rings. The van der Waals surface area contributed by atoms with E-state index in [1.165, 1.54) is 6.92 Å². The Morgan fingerprint density at radius 3 is 2.67 bits per heavy atom. The summed E-state index contributed by atoms with van der Waals surface area (Å²) in [5.74, 6) is 4.78. The zero-order valence-corrected chi connectivity index (χ0v) is 10.2. The summed E-state index contributed by atoms with van der Waals surface area (Å²) in [7, 11) is 0. The zero-order valence-electron chi connectivity index (χ0n) is 9.34. The summed E-state index contributed by atoms with van der Waals surface area (Å²) in [5.41, 5.74) is -0.974. The average molecular weight is 274 g/mol. The number of phenols is 1. The topological polar surface area (TPSA) is 37.3 Å². The Balaban J connectivity index is 2.91. The van der Waals surface area contributed by atoms with E-state index in [-0.39, 0.29) is 22.2 Å². The smallest absolute Gasteiger partial charge is 0.416 e. The first kappa shape index (κ1) is 14.5. The van der Waals surface area contributed by atoms with Crippen molar-refractivity contribution in [2.45, 2.75) is 13.1 Å². The van der Waals surface area contributed by atoms with Crippen LogP contribution in [-0.2, 0) is 11.0 Å². The summed E-state index contributed by atoms with van der Waals surface area (Å²) in [6.45, 7) is 1.37. The molecule has 0 radical (unpaired) electrons. The summed E-state index contributed by atoms with van der Waals surface area (Å²) >= 11 is 0.950. The number of hydrogen-bond acceptors (Lipinski definition) is 3. The third-order valence-corrected chi connectivity index (χ3v) is 2.59. The Bertz CT molecular complexity index is 512. The number of alkyl halides is 3. The van der Waals surface area contributed by atoms with Gasteiger partial charge in [0.05, 0.1) is 16.9 Å². The van der Waals surface area contributed by atoms with Gasteiger partial charge in [-0.1, -0.05) is 23.6 Å². The van der Waals surface area contributed by atoms with Crippen LogP contribution in [0.2, 0.25) is 0 Å². The molecule has 0 fully saturated rings. The van der Waals surface area contributed by atoms with Crippen LogP contribution in [0.1, 0.15) is 18.1 Å². The van der Waals surface area contributed by atoms with Crippen LogP contribution in [0.5, 0.6) is 5.75 Å². The molecule has 0 spiro atoms. The van der Waals surface area contributed by atoms with Gasteiger partial charge in [-0.25, -0.2) is 0 Å². The Morgan fingerprint density at radius 2 is 2.11 bits per heavy atom. The number of rotatable bonds is 1. The molecule has 0 aliphatic rings. The van der Waals surface area contributed by atoms with Gasteiger partial charge in [-0.2, -0.15) is 13.2 Å². The van der Waals surface area contributed by atoms with Gasteiger partial charge in [-0.15, -0.1) is 0 Å². The van der Waals surface area contributed by atoms with E-state index in [2.05, 4.69) is 11.8 Å². The Morgan fingerprint density at radius 1 is 1.44 bits per heavy atom. The highest BCUT2D eigenvalue weighted by Crippen LogP contribution is 2.31. The monoisotopic (exact) mass is 274 g/mol. The second-order valence-corrected chi connectivity index (χ2v) is 4.46. The quantitative estimate of drug-likeness (QED) is 0.800. The number of carbonyl (C=O) groups excluding carboxylic acids is 1.